The van der Waals surface area contributed by atoms with Gasteiger partial charge in [0.2, 0.25) is 0 Å². The lowest BCUT2D eigenvalue weighted by molar-refractivity contribution is -0.157. The zero-order chi connectivity index (χ0) is 17.7. The van der Waals surface area contributed by atoms with E-state index in [1.165, 1.54) is 0 Å². The van der Waals surface area contributed by atoms with E-state index in [2.05, 4.69) is 0 Å². The second-order valence-electron chi connectivity index (χ2n) is 6.70. The minimum atomic E-state index is -0.644. The molecular formula is C21H24O4. The lowest BCUT2D eigenvalue weighted by Crippen LogP contribution is -2.34. The number of benzene rings is 2. The van der Waals surface area contributed by atoms with Crippen molar-refractivity contribution >= 4 is 5.78 Å². The molecule has 1 saturated heterocycles. The van der Waals surface area contributed by atoms with Crippen LogP contribution in [0, 0.1) is 0 Å². The summed E-state index contributed by atoms with van der Waals surface area (Å²) in [6.45, 7) is 4.61. The van der Waals surface area contributed by atoms with E-state index in [0.29, 0.717) is 18.8 Å². The van der Waals surface area contributed by atoms with Crippen LogP contribution >= 0.6 is 0 Å². The van der Waals surface area contributed by atoms with Crippen LogP contribution in [0.25, 0.3) is 0 Å². The Hall–Kier alpha value is -2.01. The van der Waals surface area contributed by atoms with Gasteiger partial charge in [0, 0.05) is 12.0 Å². The summed E-state index contributed by atoms with van der Waals surface area (Å²) in [7, 11) is 0. The Labute approximate surface area is 148 Å². The van der Waals surface area contributed by atoms with Crippen LogP contribution in [0.5, 0.6) is 0 Å². The van der Waals surface area contributed by atoms with Crippen LogP contribution < -0.4 is 0 Å². The predicted octanol–water partition coefficient (Wildman–Crippen LogP) is 4.00. The van der Waals surface area contributed by atoms with E-state index in [0.717, 1.165) is 5.56 Å². The summed E-state index contributed by atoms with van der Waals surface area (Å²) in [4.78, 5) is 12.6. The molecule has 0 N–H and O–H groups in total. The molecule has 2 aromatic rings. The molecule has 4 heteroatoms. The summed E-state index contributed by atoms with van der Waals surface area (Å²) in [5.41, 5.74) is 1.76. The van der Waals surface area contributed by atoms with Gasteiger partial charge >= 0.3 is 0 Å². The fourth-order valence-electron chi connectivity index (χ4n) is 2.90. The van der Waals surface area contributed by atoms with E-state index in [-0.39, 0.29) is 24.4 Å². The SMILES string of the molecule is CC1(C)OC[C@H]([C@H](CC(=O)c2ccccc2)OCc2ccccc2)O1. The molecule has 0 spiro atoms. The van der Waals surface area contributed by atoms with Gasteiger partial charge in [-0.15, -0.1) is 0 Å². The van der Waals surface area contributed by atoms with Gasteiger partial charge in [0.05, 0.1) is 19.3 Å². The molecule has 1 aliphatic rings. The van der Waals surface area contributed by atoms with Gasteiger partial charge in [0.15, 0.2) is 11.6 Å². The molecule has 132 valence electrons. The third-order valence-corrected chi connectivity index (χ3v) is 4.23. The maximum absolute atomic E-state index is 12.6. The van der Waals surface area contributed by atoms with Crippen LogP contribution in [0.3, 0.4) is 0 Å². The molecule has 0 saturated carbocycles. The summed E-state index contributed by atoms with van der Waals surface area (Å²) in [5, 5.41) is 0. The van der Waals surface area contributed by atoms with Crippen molar-refractivity contribution in [3.8, 4) is 0 Å². The Morgan fingerprint density at radius 2 is 1.76 bits per heavy atom. The first kappa shape index (κ1) is 17.8. The lowest BCUT2D eigenvalue weighted by atomic mass is 10.0. The highest BCUT2D eigenvalue weighted by molar-refractivity contribution is 5.96. The Balaban J connectivity index is 1.69. The average molecular weight is 340 g/mol. The minimum absolute atomic E-state index is 0.0481. The van der Waals surface area contributed by atoms with Gasteiger partial charge in [-0.2, -0.15) is 0 Å². The number of ketones is 1. The number of Topliss-reactive ketones (excluding diaryl/α,β-unsaturated/α-hetero) is 1. The van der Waals surface area contributed by atoms with Crippen molar-refractivity contribution in [3.05, 3.63) is 71.8 Å². The van der Waals surface area contributed by atoms with Crippen molar-refractivity contribution in [1.82, 2.24) is 0 Å². The largest absolute Gasteiger partial charge is 0.370 e. The van der Waals surface area contributed by atoms with Crippen molar-refractivity contribution in [2.45, 2.75) is 44.9 Å². The molecule has 0 aliphatic carbocycles. The fourth-order valence-corrected chi connectivity index (χ4v) is 2.90. The summed E-state index contributed by atoms with van der Waals surface area (Å²) in [6.07, 6.45) is -0.345. The highest BCUT2D eigenvalue weighted by Crippen LogP contribution is 2.27. The molecule has 0 radical (unpaired) electrons. The first-order valence-electron chi connectivity index (χ1n) is 8.59. The molecule has 3 rings (SSSR count). The van der Waals surface area contributed by atoms with Gasteiger partial charge < -0.3 is 14.2 Å². The lowest BCUT2D eigenvalue weighted by Gasteiger charge is -2.24. The molecule has 0 unspecified atom stereocenters. The van der Waals surface area contributed by atoms with Gasteiger partial charge in [0.1, 0.15) is 6.10 Å². The molecule has 1 fully saturated rings. The zero-order valence-electron chi connectivity index (χ0n) is 14.7. The molecular weight excluding hydrogens is 316 g/mol. The molecule has 0 aromatic heterocycles. The molecule has 0 amide bonds. The molecule has 25 heavy (non-hydrogen) atoms. The molecule has 1 aliphatic heterocycles. The first-order chi connectivity index (χ1) is 12.0. The second-order valence-corrected chi connectivity index (χ2v) is 6.70. The third-order valence-electron chi connectivity index (χ3n) is 4.23. The maximum atomic E-state index is 12.6. The van der Waals surface area contributed by atoms with Crippen LogP contribution in [0.1, 0.15) is 36.2 Å². The van der Waals surface area contributed by atoms with E-state index in [1.54, 1.807) is 0 Å². The summed E-state index contributed by atoms with van der Waals surface area (Å²) in [5.74, 6) is -0.596. The average Bonchev–Trinajstić information content (AvgIpc) is 3.00. The second kappa shape index (κ2) is 7.91. The first-order valence-corrected chi connectivity index (χ1v) is 8.59. The topological polar surface area (TPSA) is 44.8 Å². The van der Waals surface area contributed by atoms with Crippen molar-refractivity contribution in [1.29, 1.82) is 0 Å². The standard InChI is InChI=1S/C21H24O4/c1-21(2)24-15-20(25-21)19(23-14-16-9-5-3-6-10-16)13-18(22)17-11-7-4-8-12-17/h3-12,19-20H,13-15H2,1-2H3/t19-,20+/m0/s1. The fraction of sp³-hybridized carbons (Fsp3) is 0.381. The van der Waals surface area contributed by atoms with Crippen LogP contribution in [0.15, 0.2) is 60.7 Å². The highest BCUT2D eigenvalue weighted by Gasteiger charge is 2.38. The molecule has 2 atom stereocenters. The van der Waals surface area contributed by atoms with E-state index < -0.39 is 5.79 Å². The van der Waals surface area contributed by atoms with E-state index >= 15 is 0 Å². The van der Waals surface area contributed by atoms with Crippen LogP contribution in [-0.2, 0) is 20.8 Å². The number of rotatable bonds is 7. The van der Waals surface area contributed by atoms with Crippen LogP contribution in [-0.4, -0.2) is 30.4 Å². The maximum Gasteiger partial charge on any atom is 0.165 e. The molecule has 2 aromatic carbocycles. The Morgan fingerprint density at radius 1 is 1.12 bits per heavy atom. The van der Waals surface area contributed by atoms with Crippen molar-refractivity contribution in [3.63, 3.8) is 0 Å². The normalized spacial score (nSPS) is 20.3. The monoisotopic (exact) mass is 340 g/mol. The van der Waals surface area contributed by atoms with E-state index in [1.807, 2.05) is 74.5 Å². The zero-order valence-corrected chi connectivity index (χ0v) is 14.7. The quantitative estimate of drug-likeness (QED) is 0.715. The van der Waals surface area contributed by atoms with Gasteiger partial charge in [-0.05, 0) is 19.4 Å². The predicted molar refractivity (Wildman–Crippen MR) is 95.3 cm³/mol. The van der Waals surface area contributed by atoms with Crippen molar-refractivity contribution in [2.75, 3.05) is 6.61 Å². The van der Waals surface area contributed by atoms with Gasteiger partial charge in [0.25, 0.3) is 0 Å². The number of carbonyl (C=O) groups is 1. The third kappa shape index (κ3) is 4.98. The Kier molecular flexibility index (Phi) is 5.63. The molecule has 1 heterocycles. The molecule has 4 nitrogen and oxygen atoms in total. The van der Waals surface area contributed by atoms with Crippen molar-refractivity contribution < 1.29 is 19.0 Å². The van der Waals surface area contributed by atoms with Crippen LogP contribution in [0.2, 0.25) is 0 Å². The number of ether oxygens (including phenoxy) is 3. The Bertz CT molecular complexity index is 682. The Morgan fingerprint density at radius 3 is 2.36 bits per heavy atom. The van der Waals surface area contributed by atoms with E-state index in [9.17, 15) is 4.79 Å². The van der Waals surface area contributed by atoms with Gasteiger partial charge in [-0.25, -0.2) is 0 Å². The van der Waals surface area contributed by atoms with E-state index in [4.69, 9.17) is 14.2 Å². The summed E-state index contributed by atoms with van der Waals surface area (Å²) < 4.78 is 17.7. The summed E-state index contributed by atoms with van der Waals surface area (Å²) in [6, 6.07) is 19.2. The number of hydrogen-bond acceptors (Lipinski definition) is 4. The number of carbonyl (C=O) groups excluding carboxylic acids is 1. The number of hydrogen-bond donors (Lipinski definition) is 0. The van der Waals surface area contributed by atoms with Crippen molar-refractivity contribution in [2.24, 2.45) is 0 Å². The molecule has 0 bridgehead atoms. The van der Waals surface area contributed by atoms with Gasteiger partial charge in [-0.3, -0.25) is 4.79 Å². The minimum Gasteiger partial charge on any atom is -0.370 e. The smallest absolute Gasteiger partial charge is 0.165 e. The van der Waals surface area contributed by atoms with Gasteiger partial charge in [-0.1, -0.05) is 60.7 Å². The highest BCUT2D eigenvalue weighted by atomic mass is 16.7. The van der Waals surface area contributed by atoms with Crippen LogP contribution in [0.4, 0.5) is 0 Å². The summed E-state index contributed by atoms with van der Waals surface area (Å²) >= 11 is 0.